The van der Waals surface area contributed by atoms with Crippen molar-refractivity contribution in [3.8, 4) is 0 Å². The Balaban J connectivity index is 1.63. The summed E-state index contributed by atoms with van der Waals surface area (Å²) in [5.41, 5.74) is -0.233. The van der Waals surface area contributed by atoms with Crippen molar-refractivity contribution in [1.82, 2.24) is 9.88 Å². The average Bonchev–Trinajstić information content (AvgIpc) is 2.74. The molecule has 2 aliphatic rings. The second-order valence-electron chi connectivity index (χ2n) is 8.22. The highest BCUT2D eigenvalue weighted by Crippen LogP contribution is 2.52. The van der Waals surface area contributed by atoms with Crippen LogP contribution in [0.1, 0.15) is 50.4 Å². The molecule has 1 saturated carbocycles. The summed E-state index contributed by atoms with van der Waals surface area (Å²) in [7, 11) is 0. The molecule has 2 heterocycles. The summed E-state index contributed by atoms with van der Waals surface area (Å²) in [6.07, 6.45) is 4.52. The van der Waals surface area contributed by atoms with E-state index in [9.17, 15) is 14.4 Å². The van der Waals surface area contributed by atoms with Crippen LogP contribution in [0, 0.1) is 10.8 Å². The quantitative estimate of drug-likeness (QED) is 0.858. The maximum Gasteiger partial charge on any atom is 0.344 e. The van der Waals surface area contributed by atoms with E-state index in [1.54, 1.807) is 6.07 Å². The SMILES string of the molecule is CC1(C)C[C@@H]2C[C@@](C)(CN2C(=O)COC(=O)c2ccc[nH]c2=O)C1. The summed E-state index contributed by atoms with van der Waals surface area (Å²) in [6.45, 7) is 7.10. The first-order valence-corrected chi connectivity index (χ1v) is 8.34. The molecule has 0 radical (unpaired) electrons. The predicted octanol–water partition coefficient (Wildman–Crippen LogP) is 1.96. The van der Waals surface area contributed by atoms with Gasteiger partial charge in [-0.1, -0.05) is 20.8 Å². The second kappa shape index (κ2) is 5.76. The lowest BCUT2D eigenvalue weighted by Gasteiger charge is -2.39. The van der Waals surface area contributed by atoms with Crippen LogP contribution in [0.5, 0.6) is 0 Å². The van der Waals surface area contributed by atoms with Crippen molar-refractivity contribution in [3.63, 3.8) is 0 Å². The fourth-order valence-electron chi connectivity index (χ4n) is 4.62. The van der Waals surface area contributed by atoms with Crippen LogP contribution in [-0.4, -0.2) is 41.0 Å². The van der Waals surface area contributed by atoms with Crippen LogP contribution in [0.2, 0.25) is 0 Å². The second-order valence-corrected chi connectivity index (χ2v) is 8.22. The topological polar surface area (TPSA) is 79.5 Å². The van der Waals surface area contributed by atoms with Gasteiger partial charge in [0, 0.05) is 18.8 Å². The molecule has 1 aliphatic heterocycles. The third-order valence-corrected chi connectivity index (χ3v) is 5.10. The van der Waals surface area contributed by atoms with Crippen molar-refractivity contribution in [3.05, 3.63) is 34.2 Å². The summed E-state index contributed by atoms with van der Waals surface area (Å²) in [6, 6.07) is 3.15. The fraction of sp³-hybridized carbons (Fsp3) is 0.611. The van der Waals surface area contributed by atoms with Gasteiger partial charge >= 0.3 is 5.97 Å². The van der Waals surface area contributed by atoms with Crippen LogP contribution in [0.15, 0.2) is 23.1 Å². The molecule has 2 bridgehead atoms. The van der Waals surface area contributed by atoms with Crippen LogP contribution < -0.4 is 5.56 Å². The van der Waals surface area contributed by atoms with Crippen molar-refractivity contribution in [2.45, 2.75) is 46.1 Å². The third-order valence-electron chi connectivity index (χ3n) is 5.10. The molecule has 1 aliphatic carbocycles. The Morgan fingerprint density at radius 3 is 2.79 bits per heavy atom. The molecule has 2 fully saturated rings. The van der Waals surface area contributed by atoms with Gasteiger partial charge in [-0.25, -0.2) is 4.79 Å². The van der Waals surface area contributed by atoms with E-state index in [0.717, 1.165) is 19.3 Å². The lowest BCUT2D eigenvalue weighted by molar-refractivity contribution is -0.135. The number of hydrogen-bond acceptors (Lipinski definition) is 4. The number of aromatic nitrogens is 1. The highest BCUT2D eigenvalue weighted by Gasteiger charge is 2.50. The Morgan fingerprint density at radius 1 is 1.33 bits per heavy atom. The van der Waals surface area contributed by atoms with Gasteiger partial charge in [0.05, 0.1) is 0 Å². The number of ether oxygens (including phenoxy) is 1. The standard InChI is InChI=1S/C18H24N2O4/c1-17(2)7-12-8-18(3,10-17)11-20(12)14(21)9-24-16(23)13-5-4-6-19-15(13)22/h4-6,12H,7-11H2,1-3H3,(H,19,22)/t12-,18-/m1/s1. The van der Waals surface area contributed by atoms with Crippen molar-refractivity contribution in [2.24, 2.45) is 10.8 Å². The number of rotatable bonds is 3. The molecule has 1 aromatic rings. The number of amides is 1. The van der Waals surface area contributed by atoms with Crippen molar-refractivity contribution in [1.29, 1.82) is 0 Å². The maximum atomic E-state index is 12.5. The number of carbonyl (C=O) groups excluding carboxylic acids is 2. The number of aromatic amines is 1. The number of hydrogen-bond donors (Lipinski definition) is 1. The summed E-state index contributed by atoms with van der Waals surface area (Å²) in [4.78, 5) is 40.3. The van der Waals surface area contributed by atoms with Gasteiger partial charge in [-0.05, 0) is 42.2 Å². The van der Waals surface area contributed by atoms with Gasteiger partial charge in [-0.2, -0.15) is 0 Å². The maximum absolute atomic E-state index is 12.5. The lowest BCUT2D eigenvalue weighted by Crippen LogP contribution is -2.40. The zero-order valence-corrected chi connectivity index (χ0v) is 14.4. The third kappa shape index (κ3) is 3.23. The van der Waals surface area contributed by atoms with Gasteiger partial charge in [-0.15, -0.1) is 0 Å². The number of H-pyrrole nitrogens is 1. The van der Waals surface area contributed by atoms with Gasteiger partial charge in [-0.3, -0.25) is 9.59 Å². The van der Waals surface area contributed by atoms with Gasteiger partial charge < -0.3 is 14.6 Å². The fourth-order valence-corrected chi connectivity index (χ4v) is 4.62. The summed E-state index contributed by atoms with van der Waals surface area (Å²) < 4.78 is 5.07. The molecular formula is C18H24N2O4. The molecule has 6 nitrogen and oxygen atoms in total. The van der Waals surface area contributed by atoms with Gasteiger partial charge in [0.2, 0.25) is 0 Å². The van der Waals surface area contributed by atoms with E-state index >= 15 is 0 Å². The Morgan fingerprint density at radius 2 is 2.08 bits per heavy atom. The highest BCUT2D eigenvalue weighted by molar-refractivity contribution is 5.91. The Bertz CT molecular complexity index is 724. The van der Waals surface area contributed by atoms with Gasteiger partial charge in [0.15, 0.2) is 6.61 Å². The van der Waals surface area contributed by atoms with Crippen LogP contribution in [-0.2, 0) is 9.53 Å². The molecular weight excluding hydrogens is 308 g/mol. The van der Waals surface area contributed by atoms with E-state index in [2.05, 4.69) is 25.8 Å². The van der Waals surface area contributed by atoms with Crippen molar-refractivity contribution in [2.75, 3.05) is 13.2 Å². The minimum atomic E-state index is -0.765. The van der Waals surface area contributed by atoms with E-state index in [1.807, 2.05) is 4.90 Å². The average molecular weight is 332 g/mol. The molecule has 3 rings (SSSR count). The Kier molecular flexibility index (Phi) is 4.01. The van der Waals surface area contributed by atoms with Crippen LogP contribution in [0.25, 0.3) is 0 Å². The smallest absolute Gasteiger partial charge is 0.344 e. The summed E-state index contributed by atoms with van der Waals surface area (Å²) >= 11 is 0. The van der Waals surface area contributed by atoms with E-state index in [4.69, 9.17) is 4.74 Å². The predicted molar refractivity (Wildman–Crippen MR) is 88.6 cm³/mol. The van der Waals surface area contributed by atoms with Crippen LogP contribution in [0.4, 0.5) is 0 Å². The first kappa shape index (κ1) is 16.7. The van der Waals surface area contributed by atoms with Crippen molar-refractivity contribution < 1.29 is 14.3 Å². The summed E-state index contributed by atoms with van der Waals surface area (Å²) in [5.74, 6) is -0.943. The number of nitrogens with zero attached hydrogens (tertiary/aromatic N) is 1. The number of carbonyl (C=O) groups is 2. The molecule has 2 atom stereocenters. The van der Waals surface area contributed by atoms with Gasteiger partial charge in [0.25, 0.3) is 11.5 Å². The van der Waals surface area contributed by atoms with Crippen molar-refractivity contribution >= 4 is 11.9 Å². The number of nitrogens with one attached hydrogen (secondary N) is 1. The summed E-state index contributed by atoms with van der Waals surface area (Å²) in [5, 5.41) is 0. The molecule has 1 amide bonds. The van der Waals surface area contributed by atoms with E-state index in [0.29, 0.717) is 6.54 Å². The Hall–Kier alpha value is -2.11. The largest absolute Gasteiger partial charge is 0.452 e. The van der Waals surface area contributed by atoms with Crippen LogP contribution >= 0.6 is 0 Å². The first-order valence-electron chi connectivity index (χ1n) is 8.34. The first-order chi connectivity index (χ1) is 11.2. The molecule has 1 N–H and O–H groups in total. The number of esters is 1. The lowest BCUT2D eigenvalue weighted by atomic mass is 9.65. The number of pyridine rings is 1. The molecule has 24 heavy (non-hydrogen) atoms. The normalized spacial score (nSPS) is 27.8. The molecule has 0 aromatic carbocycles. The van der Waals surface area contributed by atoms with Crippen LogP contribution in [0.3, 0.4) is 0 Å². The van der Waals surface area contributed by atoms with E-state index < -0.39 is 11.5 Å². The molecule has 130 valence electrons. The molecule has 6 heteroatoms. The number of fused-ring (bicyclic) bond motifs is 2. The zero-order chi connectivity index (χ0) is 17.5. The minimum absolute atomic E-state index is 0.0847. The number of likely N-dealkylation sites (tertiary alicyclic amines) is 1. The molecule has 1 aromatic heterocycles. The Labute approximate surface area is 141 Å². The van der Waals surface area contributed by atoms with E-state index in [1.165, 1.54) is 12.3 Å². The van der Waals surface area contributed by atoms with E-state index in [-0.39, 0.29) is 34.9 Å². The van der Waals surface area contributed by atoms with Gasteiger partial charge in [0.1, 0.15) is 5.56 Å². The molecule has 1 saturated heterocycles. The minimum Gasteiger partial charge on any atom is -0.452 e. The molecule has 0 unspecified atom stereocenters. The highest BCUT2D eigenvalue weighted by atomic mass is 16.5. The zero-order valence-electron chi connectivity index (χ0n) is 14.4. The monoisotopic (exact) mass is 332 g/mol. The molecule has 0 spiro atoms.